The first-order chi connectivity index (χ1) is 13.4. The van der Waals surface area contributed by atoms with Crippen LogP contribution in [0, 0.1) is 10.1 Å². The Balaban J connectivity index is 1.54. The van der Waals surface area contributed by atoms with E-state index in [4.69, 9.17) is 16.3 Å². The molecule has 28 heavy (non-hydrogen) atoms. The summed E-state index contributed by atoms with van der Waals surface area (Å²) in [7, 11) is 2.11. The van der Waals surface area contributed by atoms with Crippen molar-refractivity contribution in [1.82, 2.24) is 10.2 Å². The van der Waals surface area contributed by atoms with Crippen molar-refractivity contribution in [2.45, 2.75) is 25.5 Å². The summed E-state index contributed by atoms with van der Waals surface area (Å²) < 4.78 is 6.01. The molecule has 1 fully saturated rings. The first-order valence-corrected chi connectivity index (χ1v) is 9.46. The van der Waals surface area contributed by atoms with Crippen LogP contribution in [-0.2, 0) is 6.54 Å². The summed E-state index contributed by atoms with van der Waals surface area (Å²) in [6.07, 6.45) is 2.27. The smallest absolute Gasteiger partial charge is 0.288 e. The number of carbonyl (C=O) groups excluding carboxylic acids is 1. The van der Waals surface area contributed by atoms with Gasteiger partial charge in [0.25, 0.3) is 11.6 Å². The Hall–Kier alpha value is -2.64. The van der Waals surface area contributed by atoms with E-state index < -0.39 is 10.8 Å². The molecule has 148 valence electrons. The maximum atomic E-state index is 12.3. The van der Waals surface area contributed by atoms with Crippen LogP contribution in [0.2, 0.25) is 5.02 Å². The van der Waals surface area contributed by atoms with Crippen LogP contribution < -0.4 is 10.1 Å². The number of halogens is 1. The van der Waals surface area contributed by atoms with Crippen LogP contribution >= 0.6 is 11.6 Å². The van der Waals surface area contributed by atoms with Gasteiger partial charge in [-0.3, -0.25) is 14.9 Å². The molecule has 2 aromatic carbocycles. The Morgan fingerprint density at radius 2 is 1.93 bits per heavy atom. The highest BCUT2D eigenvalue weighted by atomic mass is 35.5. The van der Waals surface area contributed by atoms with E-state index in [0.29, 0.717) is 6.54 Å². The third-order valence-corrected chi connectivity index (χ3v) is 5.07. The van der Waals surface area contributed by atoms with E-state index in [1.807, 2.05) is 24.3 Å². The lowest BCUT2D eigenvalue weighted by Crippen LogP contribution is -2.35. The number of hydrogen-bond acceptors (Lipinski definition) is 5. The lowest BCUT2D eigenvalue weighted by molar-refractivity contribution is -0.384. The Bertz CT molecular complexity index is 849. The summed E-state index contributed by atoms with van der Waals surface area (Å²) in [6, 6.07) is 11.6. The molecule has 8 heteroatoms. The van der Waals surface area contributed by atoms with E-state index in [9.17, 15) is 14.9 Å². The van der Waals surface area contributed by atoms with E-state index in [2.05, 4.69) is 17.3 Å². The number of amides is 1. The molecule has 0 unspecified atom stereocenters. The molecule has 1 saturated heterocycles. The standard InChI is InChI=1S/C20H22ClN3O4/c1-23-10-8-17(9-11-23)28-16-5-2-14(3-6-16)13-22-20(25)15-4-7-18(21)19(12-15)24(26)27/h2-7,12,17H,8-11,13H2,1H3,(H,22,25). The molecular formula is C20H22ClN3O4. The van der Waals surface area contributed by atoms with E-state index in [-0.39, 0.29) is 22.4 Å². The fourth-order valence-corrected chi connectivity index (χ4v) is 3.25. The summed E-state index contributed by atoms with van der Waals surface area (Å²) >= 11 is 5.77. The molecule has 1 heterocycles. The summed E-state index contributed by atoms with van der Waals surface area (Å²) in [6.45, 7) is 2.39. The minimum absolute atomic E-state index is 0.00162. The summed E-state index contributed by atoms with van der Waals surface area (Å²) in [5, 5.41) is 13.7. The zero-order valence-electron chi connectivity index (χ0n) is 15.6. The Labute approximate surface area is 168 Å². The molecule has 2 aromatic rings. The lowest BCUT2D eigenvalue weighted by atomic mass is 10.1. The molecule has 0 aliphatic carbocycles. The average Bonchev–Trinajstić information content (AvgIpc) is 2.69. The van der Waals surface area contributed by atoms with Gasteiger partial charge in [-0.1, -0.05) is 23.7 Å². The van der Waals surface area contributed by atoms with E-state index in [1.54, 1.807) is 0 Å². The summed E-state index contributed by atoms with van der Waals surface area (Å²) in [4.78, 5) is 24.9. The highest BCUT2D eigenvalue weighted by molar-refractivity contribution is 6.32. The number of likely N-dealkylation sites (tertiary alicyclic amines) is 1. The fourth-order valence-electron chi connectivity index (χ4n) is 3.06. The first kappa shape index (κ1) is 20.1. The normalized spacial score (nSPS) is 15.2. The van der Waals surface area contributed by atoms with Gasteiger partial charge in [0.2, 0.25) is 0 Å². The second-order valence-corrected chi connectivity index (χ2v) is 7.28. The van der Waals surface area contributed by atoms with Gasteiger partial charge in [-0.2, -0.15) is 0 Å². The van der Waals surface area contributed by atoms with E-state index in [0.717, 1.165) is 37.2 Å². The Morgan fingerprint density at radius 3 is 2.57 bits per heavy atom. The second kappa shape index (κ2) is 9.03. The summed E-state index contributed by atoms with van der Waals surface area (Å²) in [5.41, 5.74) is 0.815. The third-order valence-electron chi connectivity index (χ3n) is 4.75. The van der Waals surface area contributed by atoms with Gasteiger partial charge >= 0.3 is 0 Å². The predicted octanol–water partition coefficient (Wildman–Crippen LogP) is 3.65. The molecule has 0 aromatic heterocycles. The molecule has 1 aliphatic rings. The molecule has 0 atom stereocenters. The Morgan fingerprint density at radius 1 is 1.25 bits per heavy atom. The van der Waals surface area contributed by atoms with Gasteiger partial charge in [-0.25, -0.2) is 0 Å². The van der Waals surface area contributed by atoms with Crippen molar-refractivity contribution in [3.63, 3.8) is 0 Å². The number of nitro groups is 1. The SMILES string of the molecule is CN1CCC(Oc2ccc(CNC(=O)c3ccc(Cl)c([N+](=O)[O-])c3)cc2)CC1. The van der Waals surface area contributed by atoms with Gasteiger partial charge in [0.05, 0.1) is 4.92 Å². The topological polar surface area (TPSA) is 84.7 Å². The minimum Gasteiger partial charge on any atom is -0.490 e. The molecular weight excluding hydrogens is 382 g/mol. The number of nitrogens with zero attached hydrogens (tertiary/aromatic N) is 2. The highest BCUT2D eigenvalue weighted by Gasteiger charge is 2.18. The number of rotatable bonds is 6. The summed E-state index contributed by atoms with van der Waals surface area (Å²) in [5.74, 6) is 0.421. The average molecular weight is 404 g/mol. The van der Waals surface area contributed by atoms with Crippen molar-refractivity contribution < 1.29 is 14.5 Å². The van der Waals surface area contributed by atoms with Gasteiger partial charge in [0, 0.05) is 31.3 Å². The van der Waals surface area contributed by atoms with Crippen LogP contribution in [0.4, 0.5) is 5.69 Å². The second-order valence-electron chi connectivity index (χ2n) is 6.87. The van der Waals surface area contributed by atoms with Crippen LogP contribution in [0.5, 0.6) is 5.75 Å². The van der Waals surface area contributed by atoms with Gasteiger partial charge in [0.1, 0.15) is 16.9 Å². The van der Waals surface area contributed by atoms with Crippen LogP contribution in [0.15, 0.2) is 42.5 Å². The van der Waals surface area contributed by atoms with Crippen molar-refractivity contribution in [2.24, 2.45) is 0 Å². The number of hydrogen-bond donors (Lipinski definition) is 1. The number of nitro benzene ring substituents is 1. The van der Waals surface area contributed by atoms with E-state index in [1.165, 1.54) is 18.2 Å². The monoisotopic (exact) mass is 403 g/mol. The van der Waals surface area contributed by atoms with Crippen molar-refractivity contribution >= 4 is 23.2 Å². The minimum atomic E-state index is -0.609. The van der Waals surface area contributed by atoms with Gasteiger partial charge < -0.3 is 15.0 Å². The number of ether oxygens (including phenoxy) is 1. The molecule has 1 aliphatic heterocycles. The largest absolute Gasteiger partial charge is 0.490 e. The van der Waals surface area contributed by atoms with Crippen molar-refractivity contribution in [3.05, 3.63) is 68.7 Å². The van der Waals surface area contributed by atoms with Crippen molar-refractivity contribution in [1.29, 1.82) is 0 Å². The number of nitrogens with one attached hydrogen (secondary N) is 1. The van der Waals surface area contributed by atoms with Gasteiger partial charge in [0.15, 0.2) is 0 Å². The highest BCUT2D eigenvalue weighted by Crippen LogP contribution is 2.25. The zero-order chi connectivity index (χ0) is 20.1. The van der Waals surface area contributed by atoms with Crippen LogP contribution in [0.3, 0.4) is 0 Å². The zero-order valence-corrected chi connectivity index (χ0v) is 16.3. The fraction of sp³-hybridized carbons (Fsp3) is 0.350. The molecule has 0 radical (unpaired) electrons. The number of benzene rings is 2. The van der Waals surface area contributed by atoms with E-state index >= 15 is 0 Å². The maximum absolute atomic E-state index is 12.3. The van der Waals surface area contributed by atoms with Crippen LogP contribution in [0.25, 0.3) is 0 Å². The molecule has 1 N–H and O–H groups in total. The molecule has 0 bridgehead atoms. The molecule has 1 amide bonds. The Kier molecular flexibility index (Phi) is 6.49. The first-order valence-electron chi connectivity index (χ1n) is 9.08. The quantitative estimate of drug-likeness (QED) is 0.587. The third kappa shape index (κ3) is 5.21. The molecule has 0 saturated carbocycles. The van der Waals surface area contributed by atoms with Crippen LogP contribution in [-0.4, -0.2) is 42.0 Å². The molecule has 3 rings (SSSR count). The number of piperidine rings is 1. The molecule has 0 spiro atoms. The predicted molar refractivity (Wildman–Crippen MR) is 107 cm³/mol. The lowest BCUT2D eigenvalue weighted by Gasteiger charge is -2.29. The van der Waals surface area contributed by atoms with Crippen molar-refractivity contribution in [2.75, 3.05) is 20.1 Å². The maximum Gasteiger partial charge on any atom is 0.288 e. The van der Waals surface area contributed by atoms with Gasteiger partial charge in [-0.15, -0.1) is 0 Å². The van der Waals surface area contributed by atoms with Gasteiger partial charge in [-0.05, 0) is 49.7 Å². The molecule has 7 nitrogen and oxygen atoms in total. The van der Waals surface area contributed by atoms with Crippen LogP contribution in [0.1, 0.15) is 28.8 Å². The van der Waals surface area contributed by atoms with Crippen molar-refractivity contribution in [3.8, 4) is 5.75 Å². The number of carbonyl (C=O) groups is 1.